The zero-order chi connectivity index (χ0) is 12.5. The fraction of sp³-hybridized carbons (Fsp3) is 0.385. The number of esters is 1. The van der Waals surface area contributed by atoms with Crippen LogP contribution in [0.15, 0.2) is 12.2 Å². The van der Waals surface area contributed by atoms with Crippen molar-refractivity contribution in [2.75, 3.05) is 0 Å². The second kappa shape index (κ2) is 4.47. The third-order valence-electron chi connectivity index (χ3n) is 2.80. The van der Waals surface area contributed by atoms with E-state index in [-0.39, 0.29) is 0 Å². The highest BCUT2D eigenvalue weighted by Gasteiger charge is 2.13. The van der Waals surface area contributed by atoms with Crippen molar-refractivity contribution in [1.82, 2.24) is 4.98 Å². The van der Waals surface area contributed by atoms with Gasteiger partial charge in [0, 0.05) is 16.8 Å². The molecule has 0 radical (unpaired) electrons. The molecule has 0 spiro atoms. The lowest BCUT2D eigenvalue weighted by Crippen LogP contribution is -2.12. The van der Waals surface area contributed by atoms with Gasteiger partial charge >= 0.3 is 5.97 Å². The molecule has 16 heavy (non-hydrogen) atoms. The summed E-state index contributed by atoms with van der Waals surface area (Å²) in [5.41, 5.74) is 4.40. The molecule has 0 N–H and O–H groups in total. The van der Waals surface area contributed by atoms with Crippen LogP contribution in [0, 0.1) is 27.7 Å². The molecule has 0 atom stereocenters. The van der Waals surface area contributed by atoms with Gasteiger partial charge in [0.1, 0.15) is 0 Å². The maximum atomic E-state index is 11.4. The lowest BCUT2D eigenvalue weighted by molar-refractivity contribution is -0.130. The van der Waals surface area contributed by atoms with E-state index < -0.39 is 5.97 Å². The van der Waals surface area contributed by atoms with Crippen molar-refractivity contribution in [3.05, 3.63) is 34.5 Å². The number of ether oxygens (including phenoxy) is 1. The average molecular weight is 219 g/mol. The Bertz CT molecular complexity index is 461. The predicted molar refractivity (Wildman–Crippen MR) is 63.6 cm³/mol. The Morgan fingerprint density at radius 1 is 1.12 bits per heavy atom. The van der Waals surface area contributed by atoms with Gasteiger partial charge in [0.25, 0.3) is 0 Å². The molecule has 0 saturated heterocycles. The smallest absolute Gasteiger partial charge is 0.339 e. The lowest BCUT2D eigenvalue weighted by atomic mass is 10.1. The van der Waals surface area contributed by atoms with Crippen molar-refractivity contribution < 1.29 is 9.53 Å². The van der Waals surface area contributed by atoms with Gasteiger partial charge in [-0.05, 0) is 45.7 Å². The molecule has 0 fully saturated rings. The summed E-state index contributed by atoms with van der Waals surface area (Å²) < 4.78 is 5.17. The number of nitrogens with zero attached hydrogens (tertiary/aromatic N) is 1. The minimum absolute atomic E-state index is 0.372. The third kappa shape index (κ3) is 2.30. The largest absolute Gasteiger partial charge is 0.404 e. The Morgan fingerprint density at radius 3 is 2.19 bits per heavy atom. The number of rotatable bonds is 2. The fourth-order valence-electron chi connectivity index (χ4n) is 1.31. The Kier molecular flexibility index (Phi) is 3.48. The maximum Gasteiger partial charge on any atom is 0.339 e. The summed E-state index contributed by atoms with van der Waals surface area (Å²) in [7, 11) is 0. The minimum atomic E-state index is -0.432. The quantitative estimate of drug-likeness (QED) is 0.567. The van der Waals surface area contributed by atoms with Gasteiger partial charge in [-0.2, -0.15) is 0 Å². The molecule has 1 aromatic heterocycles. The van der Waals surface area contributed by atoms with Crippen molar-refractivity contribution in [2.45, 2.75) is 34.6 Å². The molecule has 3 heteroatoms. The van der Waals surface area contributed by atoms with Crippen molar-refractivity contribution in [1.29, 1.82) is 0 Å². The second-order valence-electron chi connectivity index (χ2n) is 4.05. The number of carbonyl (C=O) groups excluding carboxylic acids is 1. The predicted octanol–water partition coefficient (Wildman–Crippen LogP) is 2.80. The van der Waals surface area contributed by atoms with E-state index in [1.165, 1.54) is 0 Å². The highest BCUT2D eigenvalue weighted by atomic mass is 16.5. The van der Waals surface area contributed by atoms with Crippen LogP contribution >= 0.6 is 0 Å². The molecule has 0 aliphatic carbocycles. The number of aryl methyl sites for hydroxylation is 1. The van der Waals surface area contributed by atoms with Gasteiger partial charge in [-0.15, -0.1) is 0 Å². The molecular weight excluding hydrogens is 202 g/mol. The normalized spacial score (nSPS) is 10.1. The van der Waals surface area contributed by atoms with Crippen molar-refractivity contribution in [3.8, 4) is 5.88 Å². The molecule has 1 heterocycles. The van der Waals surface area contributed by atoms with Crippen LogP contribution in [0.25, 0.3) is 0 Å². The van der Waals surface area contributed by atoms with E-state index in [1.807, 2.05) is 27.7 Å². The van der Waals surface area contributed by atoms with Gasteiger partial charge in [0.15, 0.2) is 0 Å². The Morgan fingerprint density at radius 2 is 1.69 bits per heavy atom. The first-order chi connectivity index (χ1) is 7.34. The summed E-state index contributed by atoms with van der Waals surface area (Å²) in [6.07, 6.45) is 0. The van der Waals surface area contributed by atoms with Crippen LogP contribution in [-0.4, -0.2) is 11.0 Å². The number of pyridine rings is 1. The highest BCUT2D eigenvalue weighted by Crippen LogP contribution is 2.23. The average Bonchev–Trinajstić information content (AvgIpc) is 2.22. The third-order valence-corrected chi connectivity index (χ3v) is 2.80. The van der Waals surface area contributed by atoms with Crippen molar-refractivity contribution in [2.24, 2.45) is 0 Å². The van der Waals surface area contributed by atoms with Gasteiger partial charge in [-0.1, -0.05) is 6.58 Å². The van der Waals surface area contributed by atoms with Crippen LogP contribution in [0.2, 0.25) is 0 Å². The molecule has 86 valence electrons. The van der Waals surface area contributed by atoms with Gasteiger partial charge in [-0.25, -0.2) is 9.78 Å². The minimum Gasteiger partial charge on any atom is -0.404 e. The molecule has 0 amide bonds. The zero-order valence-corrected chi connectivity index (χ0v) is 10.5. The Labute approximate surface area is 96.2 Å². The molecule has 0 saturated carbocycles. The van der Waals surface area contributed by atoms with Crippen LogP contribution in [0.5, 0.6) is 5.88 Å². The van der Waals surface area contributed by atoms with E-state index >= 15 is 0 Å². The zero-order valence-electron chi connectivity index (χ0n) is 10.5. The van der Waals surface area contributed by atoms with E-state index in [1.54, 1.807) is 6.92 Å². The summed E-state index contributed by atoms with van der Waals surface area (Å²) in [6.45, 7) is 13.0. The molecule has 0 aliphatic rings. The van der Waals surface area contributed by atoms with Crippen LogP contribution in [0.4, 0.5) is 0 Å². The van der Waals surface area contributed by atoms with E-state index in [9.17, 15) is 4.79 Å². The fourth-order valence-corrected chi connectivity index (χ4v) is 1.31. The summed E-state index contributed by atoms with van der Waals surface area (Å²) in [5, 5.41) is 0. The summed E-state index contributed by atoms with van der Waals surface area (Å²) in [6, 6.07) is 0. The van der Waals surface area contributed by atoms with Crippen LogP contribution < -0.4 is 4.74 Å². The molecule has 0 unspecified atom stereocenters. The summed E-state index contributed by atoms with van der Waals surface area (Å²) in [5.74, 6) is -0.0492. The first-order valence-corrected chi connectivity index (χ1v) is 5.16. The van der Waals surface area contributed by atoms with Crippen LogP contribution in [-0.2, 0) is 4.79 Å². The lowest BCUT2D eigenvalue weighted by Gasteiger charge is -2.12. The maximum absolute atomic E-state index is 11.4. The number of hydrogen-bond donors (Lipinski definition) is 0. The van der Waals surface area contributed by atoms with Gasteiger partial charge in [-0.3, -0.25) is 0 Å². The van der Waals surface area contributed by atoms with E-state index in [2.05, 4.69) is 11.6 Å². The molecule has 0 aliphatic heterocycles. The summed E-state index contributed by atoms with van der Waals surface area (Å²) >= 11 is 0. The first kappa shape index (κ1) is 12.4. The number of carbonyl (C=O) groups is 1. The van der Waals surface area contributed by atoms with Crippen LogP contribution in [0.1, 0.15) is 29.3 Å². The topological polar surface area (TPSA) is 39.2 Å². The van der Waals surface area contributed by atoms with Crippen LogP contribution in [0.3, 0.4) is 0 Å². The number of hydrogen-bond acceptors (Lipinski definition) is 3. The standard InChI is InChI=1S/C13H17NO2/c1-7(2)13(15)16-12-10(5)8(3)9(4)11(6)14-12/h1H2,2-6H3. The molecular formula is C13H17NO2. The van der Waals surface area contributed by atoms with Gasteiger partial charge in [0.05, 0.1) is 0 Å². The van der Waals surface area contributed by atoms with E-state index in [0.717, 1.165) is 22.4 Å². The van der Waals surface area contributed by atoms with E-state index in [4.69, 9.17) is 4.74 Å². The van der Waals surface area contributed by atoms with Gasteiger partial charge < -0.3 is 4.74 Å². The van der Waals surface area contributed by atoms with E-state index in [0.29, 0.717) is 11.5 Å². The molecule has 0 aromatic carbocycles. The molecule has 3 nitrogen and oxygen atoms in total. The highest BCUT2D eigenvalue weighted by molar-refractivity contribution is 5.88. The molecule has 1 aromatic rings. The SMILES string of the molecule is C=C(C)C(=O)Oc1nc(C)c(C)c(C)c1C. The molecule has 0 bridgehead atoms. The first-order valence-electron chi connectivity index (χ1n) is 5.16. The Balaban J connectivity index is 3.16. The summed E-state index contributed by atoms with van der Waals surface area (Å²) in [4.78, 5) is 15.7. The van der Waals surface area contributed by atoms with Crippen molar-refractivity contribution in [3.63, 3.8) is 0 Å². The van der Waals surface area contributed by atoms with Crippen molar-refractivity contribution >= 4 is 5.97 Å². The molecule has 1 rings (SSSR count). The number of aromatic nitrogens is 1. The Hall–Kier alpha value is -1.64. The second-order valence-corrected chi connectivity index (χ2v) is 4.05. The monoisotopic (exact) mass is 219 g/mol. The van der Waals surface area contributed by atoms with Gasteiger partial charge in [0.2, 0.25) is 5.88 Å².